The highest BCUT2D eigenvalue weighted by atomic mass is 16.3. The minimum Gasteiger partial charge on any atom is -0.456 e. The maximum absolute atomic E-state index is 6.25. The Balaban J connectivity index is 0.998. The van der Waals surface area contributed by atoms with Crippen molar-refractivity contribution in [2.45, 2.75) is 12.1 Å². The zero-order chi connectivity index (χ0) is 38.9. The summed E-state index contributed by atoms with van der Waals surface area (Å²) in [6.45, 7) is 0. The highest BCUT2D eigenvalue weighted by molar-refractivity contribution is 6.23. The first-order valence-electron chi connectivity index (χ1n) is 19.9. The van der Waals surface area contributed by atoms with Crippen LogP contribution in [-0.2, 0) is 0 Å². The minimum atomic E-state index is -0.0476. The molecule has 12 rings (SSSR count). The molecule has 0 saturated carbocycles. The molecule has 0 amide bonds. The van der Waals surface area contributed by atoms with E-state index >= 15 is 0 Å². The van der Waals surface area contributed by atoms with Gasteiger partial charge in [0, 0.05) is 27.5 Å². The van der Waals surface area contributed by atoms with Gasteiger partial charge in [0.1, 0.15) is 11.2 Å². The van der Waals surface area contributed by atoms with Gasteiger partial charge in [-0.2, -0.15) is 9.97 Å². The quantitative estimate of drug-likeness (QED) is 0.168. The average molecular weight is 759 g/mol. The van der Waals surface area contributed by atoms with Crippen LogP contribution in [0.1, 0.15) is 0 Å². The van der Waals surface area contributed by atoms with Crippen LogP contribution in [0.4, 0.5) is 17.3 Å². The number of fused-ring (bicyclic) bond motifs is 8. The zero-order valence-electron chi connectivity index (χ0n) is 31.7. The predicted octanol–water partition coefficient (Wildman–Crippen LogP) is 12.3. The van der Waals surface area contributed by atoms with Gasteiger partial charge in [-0.05, 0) is 58.1 Å². The first kappa shape index (κ1) is 33.3. The van der Waals surface area contributed by atoms with Crippen LogP contribution in [0.25, 0.3) is 78.1 Å². The van der Waals surface area contributed by atoms with Gasteiger partial charge in [-0.15, -0.1) is 0 Å². The molecule has 278 valence electrons. The molecule has 0 bridgehead atoms. The lowest BCUT2D eigenvalue weighted by atomic mass is 9.93. The van der Waals surface area contributed by atoms with Crippen LogP contribution < -0.4 is 9.80 Å². The number of benzene rings is 7. The zero-order valence-corrected chi connectivity index (χ0v) is 31.7. The number of furan rings is 1. The number of rotatable bonds is 6. The van der Waals surface area contributed by atoms with Crippen molar-refractivity contribution < 1.29 is 4.42 Å². The summed E-state index contributed by atoms with van der Waals surface area (Å²) < 4.78 is 6.25. The van der Waals surface area contributed by atoms with Gasteiger partial charge >= 0.3 is 0 Å². The lowest BCUT2D eigenvalue weighted by molar-refractivity contribution is 0.669. The Morgan fingerprint density at radius 3 is 1.80 bits per heavy atom. The third kappa shape index (κ3) is 5.43. The number of hydrogen-bond acceptors (Lipinski definition) is 7. The Bertz CT molecular complexity index is 3150. The SMILES string of the molecule is C1=CC2N=C3N(c4nc(-c5ccccc5)nc(-c5ccccc5)n4)c4cccc(-c5cccc(-c6cccc(-c7cccc8oc9ccccc9c78)c6)c5)c4N3C2C=C1. The second-order valence-electron chi connectivity index (χ2n) is 15.0. The number of para-hydroxylation sites is 2. The smallest absolute Gasteiger partial charge is 0.241 e. The molecule has 3 aliphatic rings. The highest BCUT2D eigenvalue weighted by Crippen LogP contribution is 2.51. The van der Waals surface area contributed by atoms with Crippen LogP contribution in [0, 0.1) is 0 Å². The fraction of sp³-hybridized carbons (Fsp3) is 0.0385. The highest BCUT2D eigenvalue weighted by Gasteiger charge is 2.47. The summed E-state index contributed by atoms with van der Waals surface area (Å²) in [6.07, 6.45) is 8.63. The molecule has 59 heavy (non-hydrogen) atoms. The third-order valence-electron chi connectivity index (χ3n) is 11.5. The van der Waals surface area contributed by atoms with Crippen LogP contribution in [-0.4, -0.2) is 33.0 Å². The molecule has 1 aliphatic carbocycles. The number of allylic oxidation sites excluding steroid dienone is 2. The first-order chi connectivity index (χ1) is 29.2. The Morgan fingerprint density at radius 2 is 1.05 bits per heavy atom. The molecular weight excluding hydrogens is 725 g/mol. The predicted molar refractivity (Wildman–Crippen MR) is 239 cm³/mol. The van der Waals surface area contributed by atoms with E-state index < -0.39 is 0 Å². The summed E-state index contributed by atoms with van der Waals surface area (Å²) >= 11 is 0. The van der Waals surface area contributed by atoms with E-state index in [1.807, 2.05) is 72.8 Å². The van der Waals surface area contributed by atoms with Crippen LogP contribution in [0.5, 0.6) is 0 Å². The molecule has 0 N–H and O–H groups in total. The van der Waals surface area contributed by atoms with Crippen molar-refractivity contribution in [1.82, 2.24) is 15.0 Å². The minimum absolute atomic E-state index is 0.00509. The van der Waals surface area contributed by atoms with E-state index in [9.17, 15) is 0 Å². The molecule has 7 aromatic carbocycles. The summed E-state index contributed by atoms with van der Waals surface area (Å²) in [5.74, 6) is 2.53. The van der Waals surface area contributed by atoms with E-state index in [1.54, 1.807) is 0 Å². The van der Waals surface area contributed by atoms with Gasteiger partial charge in [-0.25, -0.2) is 14.9 Å². The Labute approximate surface area is 340 Å². The van der Waals surface area contributed by atoms with Crippen LogP contribution in [0.2, 0.25) is 0 Å². The number of guanidine groups is 1. The molecule has 0 saturated heterocycles. The van der Waals surface area contributed by atoms with Gasteiger partial charge in [-0.1, -0.05) is 164 Å². The number of nitrogens with zero attached hydrogens (tertiary/aromatic N) is 6. The van der Waals surface area contributed by atoms with Gasteiger partial charge in [0.25, 0.3) is 0 Å². The van der Waals surface area contributed by atoms with Crippen molar-refractivity contribution in [3.8, 4) is 56.2 Å². The van der Waals surface area contributed by atoms with Crippen LogP contribution in [0.3, 0.4) is 0 Å². The topological polar surface area (TPSA) is 70.6 Å². The average Bonchev–Trinajstić information content (AvgIpc) is 3.98. The summed E-state index contributed by atoms with van der Waals surface area (Å²) in [7, 11) is 0. The van der Waals surface area contributed by atoms with Gasteiger partial charge in [0.05, 0.1) is 23.5 Å². The molecule has 2 atom stereocenters. The molecule has 2 aromatic heterocycles. The number of aliphatic imine (C=N–C) groups is 1. The van der Waals surface area contributed by atoms with Gasteiger partial charge in [-0.3, -0.25) is 4.90 Å². The molecular formula is C52H34N6O. The molecule has 0 spiro atoms. The van der Waals surface area contributed by atoms with Crippen molar-refractivity contribution in [2.24, 2.45) is 4.99 Å². The number of aromatic nitrogens is 3. The summed E-state index contributed by atoms with van der Waals surface area (Å²) in [4.78, 5) is 25.1. The first-order valence-corrected chi connectivity index (χ1v) is 19.9. The molecule has 2 unspecified atom stereocenters. The number of hydrogen-bond donors (Lipinski definition) is 0. The Kier molecular flexibility index (Phi) is 7.53. The summed E-state index contributed by atoms with van der Waals surface area (Å²) in [5, 5.41) is 2.26. The van der Waals surface area contributed by atoms with Gasteiger partial charge < -0.3 is 4.42 Å². The lowest BCUT2D eigenvalue weighted by Gasteiger charge is -2.26. The number of anilines is 3. The van der Waals surface area contributed by atoms with E-state index in [4.69, 9.17) is 24.4 Å². The van der Waals surface area contributed by atoms with E-state index in [1.165, 1.54) is 0 Å². The van der Waals surface area contributed by atoms with Gasteiger partial charge in [0.15, 0.2) is 11.6 Å². The maximum Gasteiger partial charge on any atom is 0.241 e. The van der Waals surface area contributed by atoms with E-state index in [-0.39, 0.29) is 12.1 Å². The largest absolute Gasteiger partial charge is 0.456 e. The molecule has 0 radical (unpaired) electrons. The van der Waals surface area contributed by atoms with Crippen LogP contribution >= 0.6 is 0 Å². The monoisotopic (exact) mass is 758 g/mol. The second kappa shape index (κ2) is 13.4. The lowest BCUT2D eigenvalue weighted by Crippen LogP contribution is -2.40. The molecule has 7 nitrogen and oxygen atoms in total. The molecule has 4 heterocycles. The fourth-order valence-corrected chi connectivity index (χ4v) is 8.83. The van der Waals surface area contributed by atoms with E-state index in [0.717, 1.165) is 83.8 Å². The summed E-state index contributed by atoms with van der Waals surface area (Å²) in [6, 6.07) is 58.9. The van der Waals surface area contributed by atoms with Crippen molar-refractivity contribution >= 4 is 45.2 Å². The van der Waals surface area contributed by atoms with Crippen molar-refractivity contribution in [1.29, 1.82) is 0 Å². The van der Waals surface area contributed by atoms with Crippen molar-refractivity contribution in [3.05, 3.63) is 194 Å². The molecule has 2 aliphatic heterocycles. The van der Waals surface area contributed by atoms with Gasteiger partial charge in [0.2, 0.25) is 11.9 Å². The Hall–Kier alpha value is -7.90. The fourth-order valence-electron chi connectivity index (χ4n) is 8.83. The van der Waals surface area contributed by atoms with Crippen molar-refractivity contribution in [2.75, 3.05) is 9.80 Å². The molecule has 0 fully saturated rings. The second-order valence-corrected chi connectivity index (χ2v) is 15.0. The normalized spacial score (nSPS) is 16.4. The Morgan fingerprint density at radius 1 is 0.475 bits per heavy atom. The standard InChI is InChI=1S/C52H34N6O/c1-3-15-33(16-4-1)49-54-50(34-17-5-2-6-18-34)56-51(55-49)58-44-28-13-25-40(48(44)57-43-27-9-8-26-42(43)53-52(57)58)38-22-12-20-36(32-38)35-19-11-21-37(31-35)39-24-14-30-46-47(39)41-23-7-10-29-45(41)59-46/h1-32,42-43H. The van der Waals surface area contributed by atoms with E-state index in [0.29, 0.717) is 17.6 Å². The van der Waals surface area contributed by atoms with Crippen LogP contribution in [0.15, 0.2) is 204 Å². The maximum atomic E-state index is 6.25. The molecule has 9 aromatic rings. The van der Waals surface area contributed by atoms with E-state index in [2.05, 4.69) is 131 Å². The summed E-state index contributed by atoms with van der Waals surface area (Å²) in [5.41, 5.74) is 12.5. The molecule has 7 heteroatoms. The van der Waals surface area contributed by atoms with Crippen molar-refractivity contribution in [3.63, 3.8) is 0 Å². The third-order valence-corrected chi connectivity index (χ3v) is 11.5.